The van der Waals surface area contributed by atoms with E-state index in [-0.39, 0.29) is 12.4 Å². The molecule has 1 nitrogen and oxygen atoms in total. The zero-order valence-electron chi connectivity index (χ0n) is 6.18. The second kappa shape index (κ2) is 6.44. The summed E-state index contributed by atoms with van der Waals surface area (Å²) in [5.41, 5.74) is 0. The number of halogens is 2. The third-order valence-electron chi connectivity index (χ3n) is 1.85. The number of piperidine rings is 1. The van der Waals surface area contributed by atoms with Crippen molar-refractivity contribution in [1.82, 2.24) is 4.90 Å². The van der Waals surface area contributed by atoms with Crippen molar-refractivity contribution in [2.24, 2.45) is 0 Å². The highest BCUT2D eigenvalue weighted by Crippen LogP contribution is 2.07. The van der Waals surface area contributed by atoms with Gasteiger partial charge in [-0.2, -0.15) is 0 Å². The molecular formula is C7H15BrClN. The molecule has 0 aliphatic carbocycles. The summed E-state index contributed by atoms with van der Waals surface area (Å²) in [5, 5.41) is 1.13. The minimum absolute atomic E-state index is 0. The van der Waals surface area contributed by atoms with Gasteiger partial charge in [-0.05, 0) is 25.9 Å². The lowest BCUT2D eigenvalue weighted by atomic mass is 10.1. The van der Waals surface area contributed by atoms with Crippen molar-refractivity contribution in [3.05, 3.63) is 0 Å². The number of alkyl halides is 1. The predicted octanol–water partition coefficient (Wildman–Crippen LogP) is 2.29. The standard InChI is InChI=1S/C7H14BrN.ClH/c8-4-7-9-5-2-1-3-6-9;/h1-7H2;1H. The van der Waals surface area contributed by atoms with Gasteiger partial charge in [0.25, 0.3) is 0 Å². The van der Waals surface area contributed by atoms with E-state index in [2.05, 4.69) is 20.8 Å². The first-order valence-corrected chi connectivity index (χ1v) is 4.84. The first-order chi connectivity index (χ1) is 4.43. The van der Waals surface area contributed by atoms with Crippen molar-refractivity contribution in [3.8, 4) is 0 Å². The highest BCUT2D eigenvalue weighted by atomic mass is 79.9. The lowest BCUT2D eigenvalue weighted by molar-refractivity contribution is 0.242. The molecule has 0 saturated carbocycles. The van der Waals surface area contributed by atoms with Crippen LogP contribution in [-0.4, -0.2) is 29.9 Å². The molecular weight excluding hydrogens is 213 g/mol. The van der Waals surface area contributed by atoms with Crippen LogP contribution in [0.3, 0.4) is 0 Å². The Morgan fingerprint density at radius 1 is 1.10 bits per heavy atom. The highest BCUT2D eigenvalue weighted by molar-refractivity contribution is 9.09. The van der Waals surface area contributed by atoms with Crippen molar-refractivity contribution < 1.29 is 0 Å². The van der Waals surface area contributed by atoms with Gasteiger partial charge in [0.2, 0.25) is 0 Å². The second-order valence-electron chi connectivity index (χ2n) is 2.59. The van der Waals surface area contributed by atoms with E-state index in [1.165, 1.54) is 38.9 Å². The Balaban J connectivity index is 0.000000810. The smallest absolute Gasteiger partial charge is 0.0159 e. The summed E-state index contributed by atoms with van der Waals surface area (Å²) in [6.45, 7) is 3.89. The Morgan fingerprint density at radius 3 is 2.20 bits per heavy atom. The molecule has 0 N–H and O–H groups in total. The fourth-order valence-electron chi connectivity index (χ4n) is 1.30. The molecule has 0 aromatic carbocycles. The Hall–Kier alpha value is 0.730. The molecule has 0 radical (unpaired) electrons. The second-order valence-corrected chi connectivity index (χ2v) is 3.38. The first-order valence-electron chi connectivity index (χ1n) is 3.72. The third kappa shape index (κ3) is 3.79. The maximum absolute atomic E-state index is 3.44. The molecule has 0 unspecified atom stereocenters. The average Bonchev–Trinajstić information content (AvgIpc) is 1.91. The zero-order chi connectivity index (χ0) is 6.53. The Labute approximate surface area is 77.7 Å². The fraction of sp³-hybridized carbons (Fsp3) is 1.00. The maximum atomic E-state index is 3.44. The molecule has 1 saturated heterocycles. The molecule has 0 amide bonds. The lowest BCUT2D eigenvalue weighted by Gasteiger charge is -2.25. The van der Waals surface area contributed by atoms with E-state index in [1.54, 1.807) is 0 Å². The van der Waals surface area contributed by atoms with Gasteiger partial charge in [0.15, 0.2) is 0 Å². The first kappa shape index (κ1) is 10.7. The molecule has 1 aliphatic rings. The van der Waals surface area contributed by atoms with Gasteiger partial charge in [0, 0.05) is 11.9 Å². The summed E-state index contributed by atoms with van der Waals surface area (Å²) in [6, 6.07) is 0. The van der Waals surface area contributed by atoms with Gasteiger partial charge >= 0.3 is 0 Å². The zero-order valence-corrected chi connectivity index (χ0v) is 8.59. The highest BCUT2D eigenvalue weighted by Gasteiger charge is 2.07. The molecule has 0 atom stereocenters. The molecule has 1 heterocycles. The molecule has 62 valence electrons. The number of likely N-dealkylation sites (tertiary alicyclic amines) is 1. The summed E-state index contributed by atoms with van der Waals surface area (Å²) in [4.78, 5) is 2.53. The topological polar surface area (TPSA) is 3.24 Å². The minimum Gasteiger partial charge on any atom is -0.303 e. The van der Waals surface area contributed by atoms with E-state index in [9.17, 15) is 0 Å². The normalized spacial score (nSPS) is 20.1. The average molecular weight is 229 g/mol. The Kier molecular flexibility index (Phi) is 6.91. The van der Waals surface area contributed by atoms with Gasteiger partial charge in [0.1, 0.15) is 0 Å². The van der Waals surface area contributed by atoms with E-state index < -0.39 is 0 Å². The van der Waals surface area contributed by atoms with Crippen molar-refractivity contribution in [2.75, 3.05) is 25.0 Å². The molecule has 0 aromatic rings. The van der Waals surface area contributed by atoms with E-state index in [4.69, 9.17) is 0 Å². The molecule has 1 aliphatic heterocycles. The van der Waals surface area contributed by atoms with Gasteiger partial charge in [-0.3, -0.25) is 0 Å². The van der Waals surface area contributed by atoms with Gasteiger partial charge in [-0.1, -0.05) is 22.4 Å². The molecule has 10 heavy (non-hydrogen) atoms. The van der Waals surface area contributed by atoms with Crippen molar-refractivity contribution in [1.29, 1.82) is 0 Å². The summed E-state index contributed by atoms with van der Waals surface area (Å²) in [6.07, 6.45) is 4.26. The van der Waals surface area contributed by atoms with E-state index in [0.717, 1.165) is 5.33 Å². The third-order valence-corrected chi connectivity index (χ3v) is 2.20. The molecule has 1 fully saturated rings. The molecule has 0 spiro atoms. The van der Waals surface area contributed by atoms with Crippen molar-refractivity contribution in [2.45, 2.75) is 19.3 Å². The van der Waals surface area contributed by atoms with Crippen molar-refractivity contribution >= 4 is 28.3 Å². The maximum Gasteiger partial charge on any atom is 0.0159 e. The van der Waals surface area contributed by atoms with Crippen molar-refractivity contribution in [3.63, 3.8) is 0 Å². The van der Waals surface area contributed by atoms with Crippen LogP contribution in [0.15, 0.2) is 0 Å². The van der Waals surface area contributed by atoms with Crippen LogP contribution in [0.1, 0.15) is 19.3 Å². The summed E-state index contributed by atoms with van der Waals surface area (Å²) in [7, 11) is 0. The van der Waals surface area contributed by atoms with E-state index in [0.29, 0.717) is 0 Å². The van der Waals surface area contributed by atoms with Gasteiger partial charge in [-0.25, -0.2) is 0 Å². The van der Waals surface area contributed by atoms with Crippen LogP contribution in [0.5, 0.6) is 0 Å². The lowest BCUT2D eigenvalue weighted by Crippen LogP contribution is -2.31. The Bertz CT molecular complexity index is 71.3. The van der Waals surface area contributed by atoms with Crippen LogP contribution in [-0.2, 0) is 0 Å². The molecule has 0 bridgehead atoms. The summed E-state index contributed by atoms with van der Waals surface area (Å²) >= 11 is 3.44. The number of nitrogens with zero attached hydrogens (tertiary/aromatic N) is 1. The van der Waals surface area contributed by atoms with Gasteiger partial charge in [-0.15, -0.1) is 12.4 Å². The van der Waals surface area contributed by atoms with Crippen LogP contribution in [0.25, 0.3) is 0 Å². The van der Waals surface area contributed by atoms with Crippen LogP contribution in [0, 0.1) is 0 Å². The van der Waals surface area contributed by atoms with Crippen LogP contribution >= 0.6 is 28.3 Å². The number of hydrogen-bond donors (Lipinski definition) is 0. The fourth-order valence-corrected chi connectivity index (χ4v) is 1.80. The van der Waals surface area contributed by atoms with Crippen LogP contribution < -0.4 is 0 Å². The van der Waals surface area contributed by atoms with Crippen LogP contribution in [0.4, 0.5) is 0 Å². The van der Waals surface area contributed by atoms with E-state index >= 15 is 0 Å². The largest absolute Gasteiger partial charge is 0.303 e. The molecule has 0 aromatic heterocycles. The van der Waals surface area contributed by atoms with Gasteiger partial charge in [0.05, 0.1) is 0 Å². The SMILES string of the molecule is BrCCN1CCCCC1.Cl. The summed E-state index contributed by atoms with van der Waals surface area (Å²) in [5.74, 6) is 0. The summed E-state index contributed by atoms with van der Waals surface area (Å²) < 4.78 is 0. The quantitative estimate of drug-likeness (QED) is 0.656. The number of rotatable bonds is 2. The molecule has 1 rings (SSSR count). The van der Waals surface area contributed by atoms with Crippen LogP contribution in [0.2, 0.25) is 0 Å². The van der Waals surface area contributed by atoms with E-state index in [1.807, 2.05) is 0 Å². The minimum atomic E-state index is 0. The predicted molar refractivity (Wildman–Crippen MR) is 51.3 cm³/mol. The Morgan fingerprint density at radius 2 is 1.70 bits per heavy atom. The molecule has 3 heteroatoms. The van der Waals surface area contributed by atoms with Gasteiger partial charge < -0.3 is 4.90 Å². The number of hydrogen-bond acceptors (Lipinski definition) is 1. The monoisotopic (exact) mass is 227 g/mol.